The molecule has 0 aromatic carbocycles. The Morgan fingerprint density at radius 2 is 2.33 bits per heavy atom. The van der Waals surface area contributed by atoms with Crippen molar-refractivity contribution in [3.63, 3.8) is 0 Å². The van der Waals surface area contributed by atoms with Crippen LogP contribution in [-0.4, -0.2) is 41.3 Å². The minimum atomic E-state index is -3.19. The molecule has 5 nitrogen and oxygen atoms in total. The van der Waals surface area contributed by atoms with Crippen molar-refractivity contribution < 1.29 is 18.6 Å². The van der Waals surface area contributed by atoms with Gasteiger partial charge in [0.1, 0.15) is 6.61 Å². The molecule has 0 radical (unpaired) electrons. The van der Waals surface area contributed by atoms with Crippen molar-refractivity contribution in [3.05, 3.63) is 12.3 Å². The van der Waals surface area contributed by atoms with E-state index >= 15 is 0 Å². The maximum atomic E-state index is 12.6. The van der Waals surface area contributed by atoms with Gasteiger partial charge >= 0.3 is 0 Å². The first-order chi connectivity index (χ1) is 7.07. The zero-order chi connectivity index (χ0) is 11.3. The Balaban J connectivity index is 2.57. The zero-order valence-corrected chi connectivity index (χ0v) is 8.07. The standard InChI is InChI=1S/C8H11F2N3O2/c1-15-6-2-3-11-7(13-6)12-4-8(9,10)5-14/h2-3,14H,4-5H2,1H3,(H,11,12,13). The molecule has 1 heterocycles. The SMILES string of the molecule is COc1ccnc(NCC(F)(F)CO)n1. The van der Waals surface area contributed by atoms with E-state index in [0.29, 0.717) is 0 Å². The van der Waals surface area contributed by atoms with Crippen molar-refractivity contribution >= 4 is 5.95 Å². The number of hydrogen-bond donors (Lipinski definition) is 2. The zero-order valence-electron chi connectivity index (χ0n) is 8.07. The number of ether oxygens (including phenoxy) is 1. The van der Waals surface area contributed by atoms with E-state index < -0.39 is 19.1 Å². The fourth-order valence-corrected chi connectivity index (χ4v) is 0.805. The van der Waals surface area contributed by atoms with Crippen molar-refractivity contribution in [3.8, 4) is 5.88 Å². The molecule has 1 aromatic heterocycles. The number of aliphatic hydroxyl groups is 1. The molecule has 0 saturated heterocycles. The molecule has 0 atom stereocenters. The summed E-state index contributed by atoms with van der Waals surface area (Å²) in [6.45, 7) is -1.94. The van der Waals surface area contributed by atoms with E-state index in [1.54, 1.807) is 0 Å². The molecule has 0 unspecified atom stereocenters. The lowest BCUT2D eigenvalue weighted by molar-refractivity contribution is -0.0374. The van der Waals surface area contributed by atoms with Crippen LogP contribution in [0.25, 0.3) is 0 Å². The van der Waals surface area contributed by atoms with Crippen LogP contribution in [-0.2, 0) is 0 Å². The predicted octanol–water partition coefficient (Wildman–Crippen LogP) is 0.525. The van der Waals surface area contributed by atoms with Gasteiger partial charge in [0.15, 0.2) is 0 Å². The number of aliphatic hydroxyl groups excluding tert-OH is 1. The average Bonchev–Trinajstić information content (AvgIpc) is 2.27. The van der Waals surface area contributed by atoms with Crippen LogP contribution in [0.1, 0.15) is 0 Å². The third-order valence-electron chi connectivity index (χ3n) is 1.58. The van der Waals surface area contributed by atoms with Crippen LogP contribution in [0.2, 0.25) is 0 Å². The second-order valence-electron chi connectivity index (χ2n) is 2.79. The number of halogens is 2. The number of nitrogens with one attached hydrogen (secondary N) is 1. The Hall–Kier alpha value is -1.50. The van der Waals surface area contributed by atoms with Gasteiger partial charge in [0.2, 0.25) is 11.8 Å². The Labute approximate surface area is 85.1 Å². The van der Waals surface area contributed by atoms with Crippen molar-refractivity contribution in [1.29, 1.82) is 0 Å². The molecular formula is C8H11F2N3O2. The molecule has 1 rings (SSSR count). The molecule has 0 aliphatic carbocycles. The molecular weight excluding hydrogens is 208 g/mol. The topological polar surface area (TPSA) is 67.3 Å². The smallest absolute Gasteiger partial charge is 0.287 e. The van der Waals surface area contributed by atoms with E-state index in [4.69, 9.17) is 9.84 Å². The van der Waals surface area contributed by atoms with Gasteiger partial charge in [-0.3, -0.25) is 0 Å². The van der Waals surface area contributed by atoms with E-state index in [-0.39, 0.29) is 11.8 Å². The molecule has 2 N–H and O–H groups in total. The third kappa shape index (κ3) is 3.62. The van der Waals surface area contributed by atoms with Crippen LogP contribution < -0.4 is 10.1 Å². The predicted molar refractivity (Wildman–Crippen MR) is 49.1 cm³/mol. The van der Waals surface area contributed by atoms with Crippen LogP contribution in [0.5, 0.6) is 5.88 Å². The Morgan fingerprint density at radius 3 is 2.93 bits per heavy atom. The molecule has 15 heavy (non-hydrogen) atoms. The number of alkyl halides is 2. The van der Waals surface area contributed by atoms with E-state index in [1.807, 2.05) is 0 Å². The van der Waals surface area contributed by atoms with E-state index in [9.17, 15) is 8.78 Å². The number of methoxy groups -OCH3 is 1. The van der Waals surface area contributed by atoms with Gasteiger partial charge in [-0.2, -0.15) is 4.98 Å². The highest BCUT2D eigenvalue weighted by Gasteiger charge is 2.27. The van der Waals surface area contributed by atoms with Gasteiger partial charge in [0.05, 0.1) is 13.7 Å². The van der Waals surface area contributed by atoms with E-state index in [2.05, 4.69) is 15.3 Å². The number of rotatable bonds is 5. The Kier molecular flexibility index (Phi) is 3.73. The third-order valence-corrected chi connectivity index (χ3v) is 1.58. The van der Waals surface area contributed by atoms with Crippen LogP contribution in [0.15, 0.2) is 12.3 Å². The number of aromatic nitrogens is 2. The molecule has 0 aliphatic rings. The average molecular weight is 219 g/mol. The fraction of sp³-hybridized carbons (Fsp3) is 0.500. The van der Waals surface area contributed by atoms with Crippen molar-refractivity contribution in [2.75, 3.05) is 25.6 Å². The molecule has 84 valence electrons. The quantitative estimate of drug-likeness (QED) is 0.755. The second kappa shape index (κ2) is 4.83. The summed E-state index contributed by atoms with van der Waals surface area (Å²) in [6.07, 6.45) is 1.38. The van der Waals surface area contributed by atoms with Crippen LogP contribution in [0, 0.1) is 0 Å². The van der Waals surface area contributed by atoms with Gasteiger partial charge in [-0.1, -0.05) is 0 Å². The minimum Gasteiger partial charge on any atom is -0.481 e. The van der Waals surface area contributed by atoms with Gasteiger partial charge in [0, 0.05) is 12.3 Å². The maximum absolute atomic E-state index is 12.6. The van der Waals surface area contributed by atoms with E-state index in [1.165, 1.54) is 19.4 Å². The van der Waals surface area contributed by atoms with Crippen molar-refractivity contribution in [2.24, 2.45) is 0 Å². The summed E-state index contributed by atoms with van der Waals surface area (Å²) in [5.74, 6) is -2.88. The summed E-state index contributed by atoms with van der Waals surface area (Å²) < 4.78 is 30.0. The molecule has 0 fully saturated rings. The van der Waals surface area contributed by atoms with Gasteiger partial charge < -0.3 is 15.2 Å². The first kappa shape index (κ1) is 11.6. The Morgan fingerprint density at radius 1 is 1.60 bits per heavy atom. The minimum absolute atomic E-state index is 0.0301. The lowest BCUT2D eigenvalue weighted by Gasteiger charge is -2.13. The van der Waals surface area contributed by atoms with E-state index in [0.717, 1.165) is 0 Å². The normalized spacial score (nSPS) is 11.2. The second-order valence-corrected chi connectivity index (χ2v) is 2.79. The highest BCUT2D eigenvalue weighted by Crippen LogP contribution is 2.13. The highest BCUT2D eigenvalue weighted by molar-refractivity contribution is 5.27. The molecule has 0 aliphatic heterocycles. The fourth-order valence-electron chi connectivity index (χ4n) is 0.805. The molecule has 0 amide bonds. The Bertz CT molecular complexity index is 323. The lowest BCUT2D eigenvalue weighted by Crippen LogP contribution is -2.31. The van der Waals surface area contributed by atoms with Gasteiger partial charge in [-0.25, -0.2) is 13.8 Å². The molecule has 0 spiro atoms. The summed E-state index contributed by atoms with van der Waals surface area (Å²) in [5, 5.41) is 10.6. The van der Waals surface area contributed by atoms with Gasteiger partial charge in [-0.15, -0.1) is 0 Å². The van der Waals surface area contributed by atoms with Crippen LogP contribution >= 0.6 is 0 Å². The molecule has 1 aromatic rings. The summed E-state index contributed by atoms with van der Waals surface area (Å²) in [7, 11) is 1.41. The van der Waals surface area contributed by atoms with Gasteiger partial charge in [-0.05, 0) is 0 Å². The first-order valence-corrected chi connectivity index (χ1v) is 4.17. The largest absolute Gasteiger partial charge is 0.481 e. The maximum Gasteiger partial charge on any atom is 0.287 e. The van der Waals surface area contributed by atoms with Crippen LogP contribution in [0.3, 0.4) is 0 Å². The van der Waals surface area contributed by atoms with Crippen LogP contribution in [0.4, 0.5) is 14.7 Å². The number of anilines is 1. The highest BCUT2D eigenvalue weighted by atomic mass is 19.3. The molecule has 7 heteroatoms. The summed E-state index contributed by atoms with van der Waals surface area (Å²) in [6, 6.07) is 1.50. The summed E-state index contributed by atoms with van der Waals surface area (Å²) in [4.78, 5) is 7.48. The molecule has 0 bridgehead atoms. The summed E-state index contributed by atoms with van der Waals surface area (Å²) >= 11 is 0. The number of hydrogen-bond acceptors (Lipinski definition) is 5. The van der Waals surface area contributed by atoms with Crippen molar-refractivity contribution in [1.82, 2.24) is 9.97 Å². The van der Waals surface area contributed by atoms with Crippen molar-refractivity contribution in [2.45, 2.75) is 5.92 Å². The lowest BCUT2D eigenvalue weighted by atomic mass is 10.3. The number of nitrogens with zero attached hydrogens (tertiary/aromatic N) is 2. The summed E-state index contributed by atoms with van der Waals surface area (Å²) in [5.41, 5.74) is 0. The van der Waals surface area contributed by atoms with Gasteiger partial charge in [0.25, 0.3) is 5.92 Å². The molecule has 0 saturated carbocycles. The first-order valence-electron chi connectivity index (χ1n) is 4.17. The monoisotopic (exact) mass is 219 g/mol.